The van der Waals surface area contributed by atoms with Crippen molar-refractivity contribution in [2.45, 2.75) is 20.4 Å². The zero-order chi connectivity index (χ0) is 10.8. The van der Waals surface area contributed by atoms with Gasteiger partial charge in [-0.25, -0.2) is 4.68 Å². The van der Waals surface area contributed by atoms with Crippen molar-refractivity contribution < 1.29 is 5.11 Å². The third-order valence-corrected chi connectivity index (χ3v) is 2.50. The summed E-state index contributed by atoms with van der Waals surface area (Å²) in [6, 6.07) is 9.90. The summed E-state index contributed by atoms with van der Waals surface area (Å²) in [6.07, 6.45) is 0. The molecule has 0 saturated heterocycles. The second-order valence-corrected chi connectivity index (χ2v) is 3.48. The molecule has 2 rings (SSSR count). The predicted molar refractivity (Wildman–Crippen MR) is 59.7 cm³/mol. The van der Waals surface area contributed by atoms with Gasteiger partial charge in [0.25, 0.3) is 0 Å². The van der Waals surface area contributed by atoms with Gasteiger partial charge in [-0.1, -0.05) is 30.3 Å². The number of benzene rings is 1. The Hall–Kier alpha value is -1.77. The van der Waals surface area contributed by atoms with Crippen LogP contribution in [0.25, 0.3) is 11.3 Å². The average Bonchev–Trinajstić information content (AvgIpc) is 2.57. The molecule has 0 atom stereocenters. The topological polar surface area (TPSA) is 38.0 Å². The molecule has 1 aromatic carbocycles. The van der Waals surface area contributed by atoms with E-state index in [9.17, 15) is 5.11 Å². The molecule has 0 fully saturated rings. The second kappa shape index (κ2) is 3.77. The summed E-state index contributed by atoms with van der Waals surface area (Å²) < 4.78 is 1.61. The molecule has 0 aliphatic heterocycles. The van der Waals surface area contributed by atoms with Crippen LogP contribution < -0.4 is 0 Å². The zero-order valence-electron chi connectivity index (χ0n) is 8.94. The van der Waals surface area contributed by atoms with Crippen molar-refractivity contribution in [1.29, 1.82) is 0 Å². The van der Waals surface area contributed by atoms with E-state index in [4.69, 9.17) is 0 Å². The quantitative estimate of drug-likeness (QED) is 0.812. The monoisotopic (exact) mass is 202 g/mol. The minimum absolute atomic E-state index is 0.261. The van der Waals surface area contributed by atoms with Crippen LogP contribution in [0.15, 0.2) is 30.3 Å². The van der Waals surface area contributed by atoms with Gasteiger partial charge < -0.3 is 5.11 Å². The highest BCUT2D eigenvalue weighted by Gasteiger charge is 2.13. The normalized spacial score (nSPS) is 10.5. The lowest BCUT2D eigenvalue weighted by Crippen LogP contribution is -1.95. The Labute approximate surface area is 89.0 Å². The molecule has 0 unspecified atom stereocenters. The molecule has 15 heavy (non-hydrogen) atoms. The van der Waals surface area contributed by atoms with Crippen molar-refractivity contribution in [3.63, 3.8) is 0 Å². The Bertz CT molecular complexity index is 460. The van der Waals surface area contributed by atoms with Gasteiger partial charge in [0.05, 0.1) is 5.69 Å². The molecule has 3 heteroatoms. The van der Waals surface area contributed by atoms with Crippen molar-refractivity contribution in [1.82, 2.24) is 9.78 Å². The molecule has 0 amide bonds. The fraction of sp³-hybridized carbons (Fsp3) is 0.250. The zero-order valence-corrected chi connectivity index (χ0v) is 8.94. The second-order valence-electron chi connectivity index (χ2n) is 3.48. The van der Waals surface area contributed by atoms with Crippen LogP contribution in [0.2, 0.25) is 0 Å². The highest BCUT2D eigenvalue weighted by molar-refractivity contribution is 5.64. The number of hydrogen-bond donors (Lipinski definition) is 1. The van der Waals surface area contributed by atoms with Crippen LogP contribution in [0.5, 0.6) is 5.88 Å². The first-order chi connectivity index (χ1) is 7.24. The Morgan fingerprint density at radius 3 is 2.47 bits per heavy atom. The molecular weight excluding hydrogens is 188 g/mol. The maximum atomic E-state index is 9.78. The van der Waals surface area contributed by atoms with E-state index in [1.165, 1.54) is 0 Å². The van der Waals surface area contributed by atoms with Gasteiger partial charge in [0, 0.05) is 17.7 Å². The predicted octanol–water partition coefficient (Wildman–Crippen LogP) is 2.58. The van der Waals surface area contributed by atoms with Gasteiger partial charge in [0.1, 0.15) is 0 Å². The molecule has 1 aromatic heterocycles. The summed E-state index contributed by atoms with van der Waals surface area (Å²) in [7, 11) is 0. The lowest BCUT2D eigenvalue weighted by atomic mass is 10.1. The fourth-order valence-corrected chi connectivity index (χ4v) is 1.63. The maximum Gasteiger partial charge on any atom is 0.212 e. The van der Waals surface area contributed by atoms with Crippen molar-refractivity contribution in [2.75, 3.05) is 0 Å². The highest BCUT2D eigenvalue weighted by Crippen LogP contribution is 2.28. The third kappa shape index (κ3) is 1.61. The van der Waals surface area contributed by atoms with Crippen LogP contribution in [-0.2, 0) is 6.54 Å². The van der Waals surface area contributed by atoms with Crippen LogP contribution in [0.3, 0.4) is 0 Å². The molecule has 1 N–H and O–H groups in total. The van der Waals surface area contributed by atoms with E-state index < -0.39 is 0 Å². The van der Waals surface area contributed by atoms with Crippen LogP contribution in [0, 0.1) is 6.92 Å². The van der Waals surface area contributed by atoms with Crippen LogP contribution in [-0.4, -0.2) is 14.9 Å². The average molecular weight is 202 g/mol. The van der Waals surface area contributed by atoms with Gasteiger partial charge in [-0.3, -0.25) is 0 Å². The summed E-state index contributed by atoms with van der Waals surface area (Å²) in [5, 5.41) is 14.1. The van der Waals surface area contributed by atoms with Gasteiger partial charge in [0.15, 0.2) is 0 Å². The van der Waals surface area contributed by atoms with Gasteiger partial charge in [0.2, 0.25) is 5.88 Å². The van der Waals surface area contributed by atoms with Gasteiger partial charge in [-0.15, -0.1) is 0 Å². The first-order valence-corrected chi connectivity index (χ1v) is 5.05. The van der Waals surface area contributed by atoms with E-state index >= 15 is 0 Å². The summed E-state index contributed by atoms with van der Waals surface area (Å²) in [6.45, 7) is 4.53. The van der Waals surface area contributed by atoms with Crippen LogP contribution in [0.4, 0.5) is 0 Å². The largest absolute Gasteiger partial charge is 0.493 e. The van der Waals surface area contributed by atoms with Gasteiger partial charge in [-0.05, 0) is 13.8 Å². The number of hydrogen-bond acceptors (Lipinski definition) is 2. The lowest BCUT2D eigenvalue weighted by Gasteiger charge is -1.96. The van der Waals surface area contributed by atoms with E-state index in [1.54, 1.807) is 4.68 Å². The number of aromatic hydroxyl groups is 1. The molecule has 0 spiro atoms. The van der Waals surface area contributed by atoms with E-state index in [0.717, 1.165) is 16.8 Å². The van der Waals surface area contributed by atoms with Crippen molar-refractivity contribution in [3.05, 3.63) is 35.9 Å². The lowest BCUT2D eigenvalue weighted by molar-refractivity contribution is 0.402. The number of nitrogens with zero attached hydrogens (tertiary/aromatic N) is 2. The Balaban J connectivity index is 2.55. The SMILES string of the molecule is CCn1nc(-c2ccccc2)c(C)c1O. The minimum Gasteiger partial charge on any atom is -0.493 e. The maximum absolute atomic E-state index is 9.78. The molecular formula is C12H14N2O. The van der Waals surface area contributed by atoms with E-state index in [0.29, 0.717) is 6.54 Å². The fourth-order valence-electron chi connectivity index (χ4n) is 1.63. The summed E-state index contributed by atoms with van der Waals surface area (Å²) in [4.78, 5) is 0. The molecule has 0 saturated carbocycles. The number of aryl methyl sites for hydroxylation is 1. The van der Waals surface area contributed by atoms with Crippen LogP contribution in [0.1, 0.15) is 12.5 Å². The number of rotatable bonds is 2. The molecule has 0 radical (unpaired) electrons. The number of aromatic nitrogens is 2. The van der Waals surface area contributed by atoms with E-state index in [1.807, 2.05) is 44.2 Å². The Morgan fingerprint density at radius 1 is 1.27 bits per heavy atom. The molecule has 0 aliphatic rings. The molecule has 3 nitrogen and oxygen atoms in total. The summed E-state index contributed by atoms with van der Waals surface area (Å²) >= 11 is 0. The highest BCUT2D eigenvalue weighted by atomic mass is 16.3. The Kier molecular flexibility index (Phi) is 2.46. The van der Waals surface area contributed by atoms with Gasteiger partial charge in [-0.2, -0.15) is 5.10 Å². The first kappa shape index (κ1) is 9.77. The molecule has 1 heterocycles. The van der Waals surface area contributed by atoms with Gasteiger partial charge >= 0.3 is 0 Å². The van der Waals surface area contributed by atoms with Crippen LogP contribution >= 0.6 is 0 Å². The van der Waals surface area contributed by atoms with E-state index in [-0.39, 0.29) is 5.88 Å². The standard InChI is InChI=1S/C12H14N2O/c1-3-14-12(15)9(2)11(13-14)10-7-5-4-6-8-10/h4-8,15H,3H2,1-2H3. The summed E-state index contributed by atoms with van der Waals surface area (Å²) in [5.74, 6) is 0.261. The van der Waals surface area contributed by atoms with Crippen molar-refractivity contribution in [2.24, 2.45) is 0 Å². The minimum atomic E-state index is 0.261. The molecule has 0 bridgehead atoms. The van der Waals surface area contributed by atoms with Crippen molar-refractivity contribution >= 4 is 0 Å². The Morgan fingerprint density at radius 2 is 1.93 bits per heavy atom. The molecule has 78 valence electrons. The van der Waals surface area contributed by atoms with E-state index in [2.05, 4.69) is 5.10 Å². The molecule has 0 aliphatic carbocycles. The first-order valence-electron chi connectivity index (χ1n) is 5.05. The third-order valence-electron chi connectivity index (χ3n) is 2.50. The smallest absolute Gasteiger partial charge is 0.212 e. The summed E-state index contributed by atoms with van der Waals surface area (Å²) in [5.41, 5.74) is 2.73. The van der Waals surface area contributed by atoms with Crippen molar-refractivity contribution in [3.8, 4) is 17.1 Å². The molecule has 2 aromatic rings.